The first-order valence-electron chi connectivity index (χ1n) is 6.18. The average Bonchev–Trinajstić information content (AvgIpc) is 2.78. The highest BCUT2D eigenvalue weighted by Gasteiger charge is 2.25. The van der Waals surface area contributed by atoms with Gasteiger partial charge in [-0.2, -0.15) is 0 Å². The zero-order chi connectivity index (χ0) is 12.3. The lowest BCUT2D eigenvalue weighted by Gasteiger charge is -2.26. The van der Waals surface area contributed by atoms with Crippen LogP contribution in [0.1, 0.15) is 31.4 Å². The molecule has 4 heteroatoms. The van der Waals surface area contributed by atoms with Gasteiger partial charge in [0.2, 0.25) is 0 Å². The van der Waals surface area contributed by atoms with Crippen molar-refractivity contribution in [3.05, 3.63) is 22.3 Å². The molecule has 1 aromatic rings. The zero-order valence-corrected chi connectivity index (χ0v) is 13.3. The number of hydrogen-bond acceptors (Lipinski definition) is 2. The van der Waals surface area contributed by atoms with Crippen molar-refractivity contribution in [2.45, 2.75) is 38.6 Å². The fourth-order valence-electron chi connectivity index (χ4n) is 2.44. The van der Waals surface area contributed by atoms with Gasteiger partial charge in [-0.1, -0.05) is 15.9 Å². The van der Waals surface area contributed by atoms with E-state index >= 15 is 0 Å². The topological polar surface area (TPSA) is 16.1 Å². The smallest absolute Gasteiger partial charge is 0.129 e. The van der Waals surface area contributed by atoms with Gasteiger partial charge >= 0.3 is 0 Å². The SMILES string of the molecule is Cc1nc(N2CCCC2CCCBr)ccc1Br. The quantitative estimate of drug-likeness (QED) is 0.743. The van der Waals surface area contributed by atoms with Crippen molar-refractivity contribution in [2.24, 2.45) is 0 Å². The fourth-order valence-corrected chi connectivity index (χ4v) is 2.99. The van der Waals surface area contributed by atoms with Crippen LogP contribution in [0.4, 0.5) is 5.82 Å². The molecule has 94 valence electrons. The van der Waals surface area contributed by atoms with E-state index in [9.17, 15) is 0 Å². The Balaban J connectivity index is 2.11. The van der Waals surface area contributed by atoms with Gasteiger partial charge in [-0.05, 0) is 60.7 Å². The minimum atomic E-state index is 0.681. The summed E-state index contributed by atoms with van der Waals surface area (Å²) >= 11 is 7.02. The van der Waals surface area contributed by atoms with E-state index in [1.165, 1.54) is 25.7 Å². The Kier molecular flexibility index (Phi) is 4.86. The lowest BCUT2D eigenvalue weighted by Crippen LogP contribution is -2.30. The molecule has 0 spiro atoms. The van der Waals surface area contributed by atoms with Crippen molar-refractivity contribution < 1.29 is 0 Å². The van der Waals surface area contributed by atoms with Crippen molar-refractivity contribution in [3.8, 4) is 0 Å². The van der Waals surface area contributed by atoms with Crippen LogP contribution >= 0.6 is 31.9 Å². The summed E-state index contributed by atoms with van der Waals surface area (Å²) in [7, 11) is 0. The molecule has 0 bridgehead atoms. The first-order valence-corrected chi connectivity index (χ1v) is 8.09. The maximum atomic E-state index is 4.68. The molecule has 17 heavy (non-hydrogen) atoms. The Morgan fingerprint density at radius 1 is 1.47 bits per heavy atom. The van der Waals surface area contributed by atoms with Gasteiger partial charge in [0, 0.05) is 22.4 Å². The minimum absolute atomic E-state index is 0.681. The molecule has 1 aliphatic rings. The molecular formula is C13H18Br2N2. The van der Waals surface area contributed by atoms with Crippen LogP contribution in [0.2, 0.25) is 0 Å². The summed E-state index contributed by atoms with van der Waals surface area (Å²) in [5, 5.41) is 1.10. The zero-order valence-electron chi connectivity index (χ0n) is 10.1. The fraction of sp³-hybridized carbons (Fsp3) is 0.615. The van der Waals surface area contributed by atoms with Gasteiger partial charge < -0.3 is 4.90 Å². The number of halogens is 2. The lowest BCUT2D eigenvalue weighted by atomic mass is 10.1. The van der Waals surface area contributed by atoms with E-state index in [-0.39, 0.29) is 0 Å². The van der Waals surface area contributed by atoms with Crippen LogP contribution in [-0.2, 0) is 0 Å². The number of pyridine rings is 1. The predicted octanol–water partition coefficient (Wildman–Crippen LogP) is 4.30. The van der Waals surface area contributed by atoms with Gasteiger partial charge in [0.05, 0.1) is 5.69 Å². The Morgan fingerprint density at radius 2 is 2.29 bits per heavy atom. The van der Waals surface area contributed by atoms with Crippen molar-refractivity contribution in [1.29, 1.82) is 0 Å². The van der Waals surface area contributed by atoms with Crippen LogP contribution in [0.15, 0.2) is 16.6 Å². The number of alkyl halides is 1. The maximum Gasteiger partial charge on any atom is 0.129 e. The number of rotatable bonds is 4. The van der Waals surface area contributed by atoms with Crippen LogP contribution in [-0.4, -0.2) is 22.9 Å². The molecule has 0 aliphatic carbocycles. The van der Waals surface area contributed by atoms with Crippen LogP contribution in [0.25, 0.3) is 0 Å². The molecule has 2 rings (SSSR count). The van der Waals surface area contributed by atoms with Crippen molar-refractivity contribution in [2.75, 3.05) is 16.8 Å². The molecule has 1 saturated heterocycles. The molecule has 1 fully saturated rings. The first-order chi connectivity index (χ1) is 8.22. The van der Waals surface area contributed by atoms with Gasteiger partial charge in [0.1, 0.15) is 5.82 Å². The second-order valence-electron chi connectivity index (χ2n) is 4.56. The van der Waals surface area contributed by atoms with Gasteiger partial charge in [-0.15, -0.1) is 0 Å². The van der Waals surface area contributed by atoms with Crippen molar-refractivity contribution in [1.82, 2.24) is 4.98 Å². The van der Waals surface area contributed by atoms with E-state index in [1.807, 2.05) is 0 Å². The highest BCUT2D eigenvalue weighted by atomic mass is 79.9. The Morgan fingerprint density at radius 3 is 3.00 bits per heavy atom. The number of nitrogens with zero attached hydrogens (tertiary/aromatic N) is 2. The van der Waals surface area contributed by atoms with Gasteiger partial charge in [0.25, 0.3) is 0 Å². The van der Waals surface area contributed by atoms with Gasteiger partial charge in [-0.25, -0.2) is 4.98 Å². The third kappa shape index (κ3) is 3.22. The summed E-state index contributed by atoms with van der Waals surface area (Å²) in [6.45, 7) is 3.21. The molecule has 1 aromatic heterocycles. The summed E-state index contributed by atoms with van der Waals surface area (Å²) < 4.78 is 1.09. The Hall–Kier alpha value is -0.0900. The second kappa shape index (κ2) is 6.19. The second-order valence-corrected chi connectivity index (χ2v) is 6.20. The van der Waals surface area contributed by atoms with Crippen LogP contribution in [0.5, 0.6) is 0 Å². The molecule has 0 saturated carbocycles. The van der Waals surface area contributed by atoms with Crippen molar-refractivity contribution >= 4 is 37.7 Å². The van der Waals surface area contributed by atoms with Crippen LogP contribution in [0, 0.1) is 6.92 Å². The molecule has 0 amide bonds. The monoisotopic (exact) mass is 360 g/mol. The van der Waals surface area contributed by atoms with E-state index in [0.29, 0.717) is 6.04 Å². The molecule has 0 N–H and O–H groups in total. The molecule has 2 heterocycles. The van der Waals surface area contributed by atoms with Gasteiger partial charge in [0.15, 0.2) is 0 Å². The standard InChI is InChI=1S/C13H18Br2N2/c1-10-12(15)6-7-13(16-10)17-9-3-5-11(17)4-2-8-14/h6-7,11H,2-5,8-9H2,1H3. The number of aryl methyl sites for hydroxylation is 1. The van der Waals surface area contributed by atoms with Crippen LogP contribution in [0.3, 0.4) is 0 Å². The lowest BCUT2D eigenvalue weighted by molar-refractivity contribution is 0.600. The average molecular weight is 362 g/mol. The molecule has 1 unspecified atom stereocenters. The molecule has 2 nitrogen and oxygen atoms in total. The molecule has 1 aliphatic heterocycles. The molecule has 1 atom stereocenters. The molecule has 0 radical (unpaired) electrons. The molecular weight excluding hydrogens is 344 g/mol. The van der Waals surface area contributed by atoms with E-state index in [2.05, 4.69) is 60.8 Å². The Labute approximate surface area is 120 Å². The Bertz CT molecular complexity index is 382. The first kappa shape index (κ1) is 13.3. The highest BCUT2D eigenvalue weighted by molar-refractivity contribution is 9.10. The maximum absolute atomic E-state index is 4.68. The largest absolute Gasteiger partial charge is 0.354 e. The van der Waals surface area contributed by atoms with Gasteiger partial charge in [-0.3, -0.25) is 0 Å². The van der Waals surface area contributed by atoms with E-state index in [4.69, 9.17) is 0 Å². The summed E-state index contributed by atoms with van der Waals surface area (Å²) in [6, 6.07) is 4.92. The summed E-state index contributed by atoms with van der Waals surface area (Å²) in [6.07, 6.45) is 5.12. The minimum Gasteiger partial charge on any atom is -0.354 e. The van der Waals surface area contributed by atoms with Crippen LogP contribution < -0.4 is 4.90 Å². The van der Waals surface area contributed by atoms with E-state index in [0.717, 1.165) is 27.9 Å². The predicted molar refractivity (Wildman–Crippen MR) is 80.1 cm³/mol. The third-order valence-corrected chi connectivity index (χ3v) is 4.75. The summed E-state index contributed by atoms with van der Waals surface area (Å²) in [4.78, 5) is 7.15. The summed E-state index contributed by atoms with van der Waals surface area (Å²) in [5.41, 5.74) is 1.08. The van der Waals surface area contributed by atoms with E-state index < -0.39 is 0 Å². The summed E-state index contributed by atoms with van der Waals surface area (Å²) in [5.74, 6) is 1.14. The molecule has 0 aromatic carbocycles. The number of hydrogen-bond donors (Lipinski definition) is 0. The number of aromatic nitrogens is 1. The highest BCUT2D eigenvalue weighted by Crippen LogP contribution is 2.28. The third-order valence-electron chi connectivity index (χ3n) is 3.35. The normalized spacial score (nSPS) is 19.9. The number of anilines is 1. The van der Waals surface area contributed by atoms with Crippen molar-refractivity contribution in [3.63, 3.8) is 0 Å². The van der Waals surface area contributed by atoms with E-state index in [1.54, 1.807) is 0 Å².